The molecule has 0 bridgehead atoms. The van der Waals surface area contributed by atoms with Crippen molar-refractivity contribution in [2.75, 3.05) is 26.2 Å². The molecule has 59 heavy (non-hydrogen) atoms. The molecule has 2 aromatic carbocycles. The van der Waals surface area contributed by atoms with Crippen LogP contribution >= 0.6 is 0 Å². The average molecular weight is 813 g/mol. The predicted molar refractivity (Wildman–Crippen MR) is 221 cm³/mol. The van der Waals surface area contributed by atoms with Crippen LogP contribution in [-0.2, 0) is 46.6 Å². The fourth-order valence-electron chi connectivity index (χ4n) is 6.48. The number of carbonyl (C=O) groups is 6. The second-order valence-corrected chi connectivity index (χ2v) is 14.4. The fourth-order valence-corrected chi connectivity index (χ4v) is 6.48. The molecule has 0 radical (unpaired) electrons. The molecule has 0 fully saturated rings. The van der Waals surface area contributed by atoms with E-state index in [4.69, 9.17) is 19.9 Å². The molecule has 2 aliphatic rings. The predicted octanol–water partition coefficient (Wildman–Crippen LogP) is 4.30. The normalized spacial score (nSPS) is 15.7. The molecule has 0 spiro atoms. The first kappa shape index (κ1) is 45.5. The van der Waals surface area contributed by atoms with Crippen molar-refractivity contribution in [3.8, 4) is 0 Å². The van der Waals surface area contributed by atoms with Crippen LogP contribution < -0.4 is 32.3 Å². The summed E-state index contributed by atoms with van der Waals surface area (Å²) in [6.07, 6.45) is 10.4. The van der Waals surface area contributed by atoms with Crippen LogP contribution in [0.25, 0.3) is 0 Å². The van der Waals surface area contributed by atoms with Gasteiger partial charge in [-0.1, -0.05) is 90.5 Å². The number of primary amides is 1. The smallest absolute Gasteiger partial charge is 0.407 e. The molecule has 0 saturated heterocycles. The summed E-state index contributed by atoms with van der Waals surface area (Å²) in [5.41, 5.74) is 10.7. The number of carbonyl (C=O) groups excluding carboxylic acids is 6. The van der Waals surface area contributed by atoms with Gasteiger partial charge in [0.25, 0.3) is 0 Å². The number of allylic oxidation sites excluding steroid dienone is 3. The Hall–Kier alpha value is -6.22. The van der Waals surface area contributed by atoms with E-state index in [0.717, 1.165) is 46.3 Å². The maximum Gasteiger partial charge on any atom is 0.407 e. The van der Waals surface area contributed by atoms with Gasteiger partial charge in [0.1, 0.15) is 31.8 Å². The van der Waals surface area contributed by atoms with Gasteiger partial charge in [0.15, 0.2) is 0 Å². The Morgan fingerprint density at radius 2 is 1.41 bits per heavy atom. The fraction of sp³-hybridized carbons (Fsp3) is 0.409. The average Bonchev–Trinajstić information content (AvgIpc) is 3.23. The highest BCUT2D eigenvalue weighted by molar-refractivity contribution is 5.94. The minimum absolute atomic E-state index is 0.00495. The minimum Gasteiger partial charge on any atom is -0.445 e. The van der Waals surface area contributed by atoms with Crippen LogP contribution in [0.5, 0.6) is 0 Å². The number of amides is 6. The van der Waals surface area contributed by atoms with Crippen LogP contribution in [0.4, 0.5) is 9.59 Å². The van der Waals surface area contributed by atoms with Gasteiger partial charge < -0.3 is 46.5 Å². The van der Waals surface area contributed by atoms with Gasteiger partial charge in [0.05, 0.1) is 19.3 Å². The second kappa shape index (κ2) is 24.5. The Bertz CT molecular complexity index is 1880. The van der Waals surface area contributed by atoms with Crippen molar-refractivity contribution in [3.63, 3.8) is 0 Å². The summed E-state index contributed by atoms with van der Waals surface area (Å²) in [5, 5.41) is 13.0. The molecule has 2 aliphatic carbocycles. The zero-order valence-electron chi connectivity index (χ0n) is 33.8. The Morgan fingerprint density at radius 3 is 2.02 bits per heavy atom. The maximum atomic E-state index is 14.1. The van der Waals surface area contributed by atoms with Crippen molar-refractivity contribution in [3.05, 3.63) is 118 Å². The molecule has 15 heteroatoms. The first-order chi connectivity index (χ1) is 28.5. The largest absolute Gasteiger partial charge is 0.445 e. The maximum absolute atomic E-state index is 14.1. The molecule has 2 aromatic rings. The summed E-state index contributed by atoms with van der Waals surface area (Å²) in [6.45, 7) is 3.79. The number of hydrogen-bond donors (Lipinski definition) is 6. The molecule has 0 aliphatic heterocycles. The number of ether oxygens (including phenoxy) is 3. The number of alkyl carbamates (subject to hydrolysis) is 2. The quantitative estimate of drug-likeness (QED) is 0.0934. The third kappa shape index (κ3) is 17.0. The molecular formula is C44H56N6O9. The number of unbranched alkanes of at least 4 members (excludes halogenated alkanes) is 1. The third-order valence-corrected chi connectivity index (χ3v) is 9.61. The van der Waals surface area contributed by atoms with E-state index in [1.165, 1.54) is 0 Å². The molecule has 15 nitrogen and oxygen atoms in total. The molecule has 7 N–H and O–H groups in total. The van der Waals surface area contributed by atoms with E-state index in [0.29, 0.717) is 25.9 Å². The van der Waals surface area contributed by atoms with E-state index in [1.807, 2.05) is 68.5 Å². The van der Waals surface area contributed by atoms with Crippen LogP contribution in [0.15, 0.2) is 107 Å². The van der Waals surface area contributed by atoms with Gasteiger partial charge in [-0.2, -0.15) is 0 Å². The zero-order chi connectivity index (χ0) is 42.4. The lowest BCUT2D eigenvalue weighted by Gasteiger charge is -2.28. The molecule has 0 heterocycles. The highest BCUT2D eigenvalue weighted by Gasteiger charge is 2.30. The molecule has 3 atom stereocenters. The molecule has 0 aromatic heterocycles. The van der Waals surface area contributed by atoms with Crippen LogP contribution in [-0.4, -0.2) is 80.2 Å². The van der Waals surface area contributed by atoms with E-state index in [-0.39, 0.29) is 38.7 Å². The molecular weight excluding hydrogens is 757 g/mol. The van der Waals surface area contributed by atoms with E-state index in [1.54, 1.807) is 12.1 Å². The van der Waals surface area contributed by atoms with E-state index in [2.05, 4.69) is 44.8 Å². The van der Waals surface area contributed by atoms with E-state index < -0.39 is 61.0 Å². The number of nitrogens with one attached hydrogen (secondary N) is 5. The third-order valence-electron chi connectivity index (χ3n) is 9.61. The lowest BCUT2D eigenvalue weighted by atomic mass is 9.86. The van der Waals surface area contributed by atoms with E-state index >= 15 is 0 Å². The van der Waals surface area contributed by atoms with Gasteiger partial charge in [-0.05, 0) is 80.2 Å². The summed E-state index contributed by atoms with van der Waals surface area (Å²) in [6, 6.07) is 16.0. The van der Waals surface area contributed by atoms with Crippen molar-refractivity contribution in [2.45, 2.75) is 90.2 Å². The second-order valence-electron chi connectivity index (χ2n) is 14.4. The van der Waals surface area contributed by atoms with Crippen molar-refractivity contribution >= 4 is 35.8 Å². The van der Waals surface area contributed by atoms with Gasteiger partial charge in [-0.25, -0.2) is 9.59 Å². The monoisotopic (exact) mass is 812 g/mol. The first-order valence-electron chi connectivity index (χ1n) is 19.9. The van der Waals surface area contributed by atoms with Crippen molar-refractivity contribution in [1.82, 2.24) is 26.6 Å². The number of rotatable bonds is 22. The van der Waals surface area contributed by atoms with Gasteiger partial charge in [-0.15, -0.1) is 0 Å². The van der Waals surface area contributed by atoms with Crippen LogP contribution in [0.3, 0.4) is 0 Å². The van der Waals surface area contributed by atoms with Gasteiger partial charge in [-0.3, -0.25) is 19.2 Å². The number of benzene rings is 2. The van der Waals surface area contributed by atoms with Gasteiger partial charge in [0, 0.05) is 13.0 Å². The van der Waals surface area contributed by atoms with Crippen LogP contribution in [0.2, 0.25) is 0 Å². The molecule has 4 rings (SSSR count). The van der Waals surface area contributed by atoms with Crippen LogP contribution in [0, 0.1) is 0 Å². The lowest BCUT2D eigenvalue weighted by molar-refractivity contribution is -0.132. The van der Waals surface area contributed by atoms with E-state index in [9.17, 15) is 28.8 Å². The minimum atomic E-state index is -1.17. The molecule has 3 unspecified atom stereocenters. The van der Waals surface area contributed by atoms with Crippen molar-refractivity contribution in [2.24, 2.45) is 5.73 Å². The summed E-state index contributed by atoms with van der Waals surface area (Å²) >= 11 is 0. The highest BCUT2D eigenvalue weighted by Crippen LogP contribution is 2.30. The Labute approximate surface area is 345 Å². The zero-order valence-corrected chi connectivity index (χ0v) is 33.8. The Morgan fingerprint density at radius 1 is 0.746 bits per heavy atom. The summed E-state index contributed by atoms with van der Waals surface area (Å²) in [5.74, 6) is -2.73. The highest BCUT2D eigenvalue weighted by atomic mass is 16.6. The van der Waals surface area contributed by atoms with Gasteiger partial charge in [0.2, 0.25) is 23.6 Å². The molecule has 316 valence electrons. The summed E-state index contributed by atoms with van der Waals surface area (Å²) in [4.78, 5) is 76.7. The van der Waals surface area contributed by atoms with Crippen molar-refractivity contribution < 1.29 is 43.0 Å². The first-order valence-corrected chi connectivity index (χ1v) is 19.9. The van der Waals surface area contributed by atoms with Crippen LogP contribution in [0.1, 0.15) is 69.9 Å². The molecule has 0 saturated carbocycles. The Kier molecular flexibility index (Phi) is 18.9. The molecule has 6 amide bonds. The number of nitrogens with two attached hydrogens (primary N) is 1. The standard InChI is InChI=1S/C44H56N6O9/c1-30-22-35(57-27-32-14-6-3-7-15-32)23-31(2)36(30)24-38(49-40(52)26-48-44(56)59-29-34-18-10-5-11-19-34)42(54)50-37(41(53)47-25-39(45)51)20-12-13-21-46-43(55)58-28-33-16-8-4-9-17-33/h4-6,8-11,14-19,22,35,37-38H,3,7,12-13,20-21,23-29H2,1-2H3,(H2,45,51)(H,46,55)(H,47,53)(H,48,56)(H,49,52)(H,50,54). The summed E-state index contributed by atoms with van der Waals surface area (Å²) in [7, 11) is 0. The SMILES string of the molecule is CC1=CC(OCC2=CCCC=C2)CC(C)=C1CC(NC(=O)CNC(=O)OCc1ccccc1)C(=O)NC(CCCCNC(=O)OCc1ccccc1)C(=O)NCC(N)=O. The summed E-state index contributed by atoms with van der Waals surface area (Å²) < 4.78 is 16.7. The van der Waals surface area contributed by atoms with Gasteiger partial charge >= 0.3 is 12.2 Å². The number of hydrogen-bond acceptors (Lipinski definition) is 9. The van der Waals surface area contributed by atoms with Crippen molar-refractivity contribution in [1.29, 1.82) is 0 Å². The topological polar surface area (TPSA) is 216 Å². The Balaban J connectivity index is 1.39. The lowest BCUT2D eigenvalue weighted by Crippen LogP contribution is -2.55.